The summed E-state index contributed by atoms with van der Waals surface area (Å²) >= 11 is 0. The highest BCUT2D eigenvalue weighted by Gasteiger charge is 2.38. The van der Waals surface area contributed by atoms with Crippen LogP contribution in [0.2, 0.25) is 0 Å². The summed E-state index contributed by atoms with van der Waals surface area (Å²) < 4.78 is 5.51. The fourth-order valence-electron chi connectivity index (χ4n) is 5.17. The van der Waals surface area contributed by atoms with E-state index < -0.39 is 23.8 Å². The van der Waals surface area contributed by atoms with E-state index in [2.05, 4.69) is 17.6 Å². The van der Waals surface area contributed by atoms with Gasteiger partial charge in [-0.2, -0.15) is 0 Å². The number of unbranched alkanes of at least 4 members (excludes halogenated alkanes) is 3. The fourth-order valence-corrected chi connectivity index (χ4v) is 5.17. The van der Waals surface area contributed by atoms with E-state index in [-0.39, 0.29) is 23.5 Å². The van der Waals surface area contributed by atoms with Crippen molar-refractivity contribution in [3.05, 3.63) is 71.8 Å². The molecule has 0 aliphatic heterocycles. The zero-order valence-electron chi connectivity index (χ0n) is 27.3. The normalized spacial score (nSPS) is 13.5. The topological polar surface area (TPSA) is 108 Å². The van der Waals surface area contributed by atoms with Crippen molar-refractivity contribution in [1.82, 2.24) is 10.2 Å². The van der Waals surface area contributed by atoms with Crippen LogP contribution in [0.25, 0.3) is 10.8 Å². The minimum absolute atomic E-state index is 0.104. The molecule has 0 saturated carbocycles. The van der Waals surface area contributed by atoms with E-state index in [4.69, 9.17) is 4.74 Å². The molecular formula is C36H49N3O5. The van der Waals surface area contributed by atoms with E-state index in [1.54, 1.807) is 50.8 Å². The first kappa shape index (κ1) is 34.4. The lowest BCUT2D eigenvalue weighted by Crippen LogP contribution is -2.55. The molecule has 0 aliphatic rings. The maximum atomic E-state index is 14.5. The SMILES string of the molecule is CCCCCCN(C(=O)C(NC(=O)OC(C)(C)C)C(C)CC)C(C(=O)Nc1ccc2ccccc2c1)c1ccc(O)c(C)c1. The third-order valence-corrected chi connectivity index (χ3v) is 7.80. The Morgan fingerprint density at radius 3 is 2.27 bits per heavy atom. The number of nitrogens with zero attached hydrogens (tertiary/aromatic N) is 1. The Balaban J connectivity index is 2.07. The van der Waals surface area contributed by atoms with Crippen LogP contribution >= 0.6 is 0 Å². The van der Waals surface area contributed by atoms with Gasteiger partial charge in [0.2, 0.25) is 5.91 Å². The van der Waals surface area contributed by atoms with Crippen LogP contribution in [0.3, 0.4) is 0 Å². The van der Waals surface area contributed by atoms with Crippen LogP contribution < -0.4 is 10.6 Å². The summed E-state index contributed by atoms with van der Waals surface area (Å²) in [5.74, 6) is -0.855. The smallest absolute Gasteiger partial charge is 0.408 e. The molecule has 8 nitrogen and oxygen atoms in total. The van der Waals surface area contributed by atoms with Crippen LogP contribution in [0, 0.1) is 12.8 Å². The van der Waals surface area contributed by atoms with Gasteiger partial charge in [0.25, 0.3) is 5.91 Å². The second-order valence-corrected chi connectivity index (χ2v) is 12.6. The third kappa shape index (κ3) is 9.46. The van der Waals surface area contributed by atoms with Crippen molar-refractivity contribution in [2.75, 3.05) is 11.9 Å². The van der Waals surface area contributed by atoms with Crippen LogP contribution in [-0.2, 0) is 14.3 Å². The maximum absolute atomic E-state index is 14.5. The van der Waals surface area contributed by atoms with Gasteiger partial charge in [-0.1, -0.05) is 82.9 Å². The first-order chi connectivity index (χ1) is 20.8. The van der Waals surface area contributed by atoms with Gasteiger partial charge in [-0.15, -0.1) is 0 Å². The average Bonchev–Trinajstić information content (AvgIpc) is 2.97. The maximum Gasteiger partial charge on any atom is 0.408 e. The Labute approximate surface area is 262 Å². The molecule has 0 spiro atoms. The molecule has 0 bridgehead atoms. The molecule has 0 radical (unpaired) electrons. The van der Waals surface area contributed by atoms with Crippen molar-refractivity contribution < 1.29 is 24.2 Å². The molecule has 3 N–H and O–H groups in total. The molecule has 3 unspecified atom stereocenters. The lowest BCUT2D eigenvalue weighted by molar-refractivity contribution is -0.142. The number of aryl methyl sites for hydroxylation is 1. The monoisotopic (exact) mass is 603 g/mol. The molecule has 0 heterocycles. The van der Waals surface area contributed by atoms with Crippen molar-refractivity contribution >= 4 is 34.4 Å². The zero-order chi connectivity index (χ0) is 32.4. The van der Waals surface area contributed by atoms with Crippen molar-refractivity contribution in [1.29, 1.82) is 0 Å². The number of aromatic hydroxyl groups is 1. The Bertz CT molecular complexity index is 1430. The Morgan fingerprint density at radius 2 is 1.64 bits per heavy atom. The van der Waals surface area contributed by atoms with Crippen molar-refractivity contribution in [3.8, 4) is 5.75 Å². The van der Waals surface area contributed by atoms with E-state index in [1.807, 2.05) is 56.3 Å². The number of amides is 3. The van der Waals surface area contributed by atoms with E-state index in [1.165, 1.54) is 0 Å². The van der Waals surface area contributed by atoms with Crippen molar-refractivity contribution in [2.24, 2.45) is 5.92 Å². The molecule has 3 amide bonds. The highest BCUT2D eigenvalue weighted by atomic mass is 16.6. The molecule has 0 fully saturated rings. The summed E-state index contributed by atoms with van der Waals surface area (Å²) in [5.41, 5.74) is 1.04. The number of anilines is 1. The lowest BCUT2D eigenvalue weighted by Gasteiger charge is -2.36. The Hall–Kier alpha value is -4.07. The van der Waals surface area contributed by atoms with E-state index in [9.17, 15) is 19.5 Å². The fraction of sp³-hybridized carbons (Fsp3) is 0.472. The molecular weight excluding hydrogens is 554 g/mol. The number of alkyl carbamates (subject to hydrolysis) is 1. The molecule has 0 aliphatic carbocycles. The number of phenols is 1. The predicted octanol–water partition coefficient (Wildman–Crippen LogP) is 7.88. The van der Waals surface area contributed by atoms with Crippen molar-refractivity contribution in [2.45, 2.75) is 98.3 Å². The van der Waals surface area contributed by atoms with E-state index >= 15 is 0 Å². The number of fused-ring (bicyclic) bond motifs is 1. The van der Waals surface area contributed by atoms with Gasteiger partial charge in [0.1, 0.15) is 23.4 Å². The van der Waals surface area contributed by atoms with Gasteiger partial charge in [-0.05, 0) is 86.2 Å². The minimum Gasteiger partial charge on any atom is -0.508 e. The number of carbonyl (C=O) groups excluding carboxylic acids is 3. The van der Waals surface area contributed by atoms with Crippen molar-refractivity contribution in [3.63, 3.8) is 0 Å². The number of phenolic OH excluding ortho intramolecular Hbond substituents is 1. The number of carbonyl (C=O) groups is 3. The summed E-state index contributed by atoms with van der Waals surface area (Å²) in [6, 6.07) is 16.6. The molecule has 238 valence electrons. The van der Waals surface area contributed by atoms with E-state index in [0.29, 0.717) is 36.2 Å². The minimum atomic E-state index is -1.01. The predicted molar refractivity (Wildman–Crippen MR) is 177 cm³/mol. The van der Waals surface area contributed by atoms with Crippen LogP contribution in [0.4, 0.5) is 10.5 Å². The molecule has 0 aromatic heterocycles. The Morgan fingerprint density at radius 1 is 0.932 bits per heavy atom. The quantitative estimate of drug-likeness (QED) is 0.172. The molecule has 3 aromatic rings. The van der Waals surface area contributed by atoms with Gasteiger partial charge in [0.05, 0.1) is 0 Å². The molecule has 3 rings (SSSR count). The second-order valence-electron chi connectivity index (χ2n) is 12.6. The molecule has 0 saturated heterocycles. The first-order valence-electron chi connectivity index (χ1n) is 15.7. The Kier molecular flexibility index (Phi) is 12.2. The number of rotatable bonds is 13. The lowest BCUT2D eigenvalue weighted by atomic mass is 9.95. The zero-order valence-corrected chi connectivity index (χ0v) is 27.3. The van der Waals surface area contributed by atoms with E-state index in [0.717, 1.165) is 30.0 Å². The van der Waals surface area contributed by atoms with Gasteiger partial charge in [0.15, 0.2) is 0 Å². The highest BCUT2D eigenvalue weighted by molar-refractivity contribution is 6.00. The summed E-state index contributed by atoms with van der Waals surface area (Å²) in [4.78, 5) is 43.3. The highest BCUT2D eigenvalue weighted by Crippen LogP contribution is 2.30. The van der Waals surface area contributed by atoms with Crippen LogP contribution in [-0.4, -0.2) is 46.1 Å². The number of nitrogens with one attached hydrogen (secondary N) is 2. The molecule has 3 atom stereocenters. The van der Waals surface area contributed by atoms with Crippen LogP contribution in [0.1, 0.15) is 90.8 Å². The van der Waals surface area contributed by atoms with Crippen LogP contribution in [0.15, 0.2) is 60.7 Å². The molecule has 8 heteroatoms. The largest absolute Gasteiger partial charge is 0.508 e. The standard InChI is InChI=1S/C36H49N3O5/c1-8-10-11-14-21-39(34(42)31(24(3)9-2)38-35(43)44-36(5,6)7)32(28-18-20-30(40)25(4)22-28)33(41)37-29-19-17-26-15-12-13-16-27(26)23-29/h12-13,15-20,22-24,31-32,40H,8-11,14,21H2,1-7H3,(H,37,41)(H,38,43). The summed E-state index contributed by atoms with van der Waals surface area (Å²) in [6.07, 6.45) is 3.55. The van der Waals surface area contributed by atoms with Gasteiger partial charge in [0, 0.05) is 12.2 Å². The third-order valence-electron chi connectivity index (χ3n) is 7.80. The summed E-state index contributed by atoms with van der Waals surface area (Å²) in [6.45, 7) is 13.4. The number of hydrogen-bond acceptors (Lipinski definition) is 5. The van der Waals surface area contributed by atoms with Gasteiger partial charge in [-0.3, -0.25) is 9.59 Å². The first-order valence-corrected chi connectivity index (χ1v) is 15.7. The van der Waals surface area contributed by atoms with Gasteiger partial charge >= 0.3 is 6.09 Å². The summed E-state index contributed by atoms with van der Waals surface area (Å²) in [5, 5.41) is 18.2. The van der Waals surface area contributed by atoms with Crippen LogP contribution in [0.5, 0.6) is 5.75 Å². The van der Waals surface area contributed by atoms with Gasteiger partial charge in [-0.25, -0.2) is 4.79 Å². The number of hydrogen-bond donors (Lipinski definition) is 3. The average molecular weight is 604 g/mol. The number of ether oxygens (including phenoxy) is 1. The van der Waals surface area contributed by atoms with Gasteiger partial charge < -0.3 is 25.4 Å². The number of benzene rings is 3. The second kappa shape index (κ2) is 15.6. The molecule has 3 aromatic carbocycles. The molecule has 44 heavy (non-hydrogen) atoms. The summed E-state index contributed by atoms with van der Waals surface area (Å²) in [7, 11) is 0.